The molecule has 27 heavy (non-hydrogen) atoms. The number of halogens is 1. The van der Waals surface area contributed by atoms with Crippen molar-refractivity contribution in [3.8, 4) is 5.75 Å². The van der Waals surface area contributed by atoms with Crippen molar-refractivity contribution < 1.29 is 17.9 Å². The van der Waals surface area contributed by atoms with E-state index in [9.17, 15) is 13.2 Å². The van der Waals surface area contributed by atoms with E-state index in [0.717, 1.165) is 5.56 Å². The summed E-state index contributed by atoms with van der Waals surface area (Å²) in [6.45, 7) is 2.88. The minimum absolute atomic E-state index is 0.101. The van der Waals surface area contributed by atoms with Gasteiger partial charge in [0.1, 0.15) is 10.6 Å². The predicted octanol–water partition coefficient (Wildman–Crippen LogP) is 1.96. The van der Waals surface area contributed by atoms with Crippen LogP contribution < -0.4 is 4.74 Å². The average molecular weight is 410 g/mol. The minimum Gasteiger partial charge on any atom is -0.484 e. The zero-order valence-corrected chi connectivity index (χ0v) is 16.4. The largest absolute Gasteiger partial charge is 0.484 e. The van der Waals surface area contributed by atoms with Crippen LogP contribution in [0.4, 0.5) is 0 Å². The fourth-order valence-corrected chi connectivity index (χ4v) is 4.27. The molecular formula is C18H20ClN3O4S. The maximum Gasteiger partial charge on any atom is 0.260 e. The first-order chi connectivity index (χ1) is 12.9. The molecule has 1 aliphatic rings. The third-order valence-corrected chi connectivity index (χ3v) is 6.66. The molecule has 2 heterocycles. The van der Waals surface area contributed by atoms with Gasteiger partial charge in [0.05, 0.1) is 0 Å². The van der Waals surface area contributed by atoms with Crippen LogP contribution in [-0.4, -0.2) is 61.3 Å². The number of sulfonamides is 1. The van der Waals surface area contributed by atoms with Crippen LogP contribution in [0.25, 0.3) is 0 Å². The van der Waals surface area contributed by atoms with Gasteiger partial charge in [0.25, 0.3) is 5.91 Å². The first-order valence-electron chi connectivity index (χ1n) is 8.45. The molecule has 0 bridgehead atoms. The number of benzene rings is 1. The molecule has 0 atom stereocenters. The first-order valence-corrected chi connectivity index (χ1v) is 10.3. The van der Waals surface area contributed by atoms with Crippen LogP contribution in [0.15, 0.2) is 47.6 Å². The van der Waals surface area contributed by atoms with Gasteiger partial charge in [-0.2, -0.15) is 4.31 Å². The quantitative estimate of drug-likeness (QED) is 0.754. The normalized spacial score (nSPS) is 15.6. The molecule has 1 saturated heterocycles. The number of amides is 1. The fourth-order valence-electron chi connectivity index (χ4n) is 2.77. The molecule has 1 fully saturated rings. The number of carbonyl (C=O) groups excluding carboxylic acids is 1. The number of aromatic nitrogens is 1. The summed E-state index contributed by atoms with van der Waals surface area (Å²) in [5.74, 6) is 0.393. The van der Waals surface area contributed by atoms with E-state index in [0.29, 0.717) is 23.9 Å². The van der Waals surface area contributed by atoms with Gasteiger partial charge in [-0.1, -0.05) is 11.6 Å². The van der Waals surface area contributed by atoms with Crippen molar-refractivity contribution in [1.29, 1.82) is 0 Å². The number of hydrogen-bond donors (Lipinski definition) is 0. The summed E-state index contributed by atoms with van der Waals surface area (Å²) in [4.78, 5) is 18.0. The van der Waals surface area contributed by atoms with Gasteiger partial charge in [-0.15, -0.1) is 0 Å². The van der Waals surface area contributed by atoms with Crippen LogP contribution in [0.5, 0.6) is 5.75 Å². The third-order valence-electron chi connectivity index (χ3n) is 4.36. The van der Waals surface area contributed by atoms with Gasteiger partial charge in [0.2, 0.25) is 10.0 Å². The van der Waals surface area contributed by atoms with E-state index >= 15 is 0 Å². The molecule has 0 aliphatic carbocycles. The SMILES string of the molecule is Cc1cc(OCC(=O)N2CCN(S(=O)(=O)c3cccnc3)CC2)ccc1Cl. The summed E-state index contributed by atoms with van der Waals surface area (Å²) in [5.41, 5.74) is 0.871. The highest BCUT2D eigenvalue weighted by Gasteiger charge is 2.30. The number of pyridine rings is 1. The number of aryl methyl sites for hydroxylation is 1. The Balaban J connectivity index is 1.54. The van der Waals surface area contributed by atoms with E-state index in [-0.39, 0.29) is 30.5 Å². The summed E-state index contributed by atoms with van der Waals surface area (Å²) < 4.78 is 32.1. The Hall–Kier alpha value is -2.16. The highest BCUT2D eigenvalue weighted by atomic mass is 35.5. The molecule has 9 heteroatoms. The second-order valence-electron chi connectivity index (χ2n) is 6.17. The van der Waals surface area contributed by atoms with Crippen LogP contribution >= 0.6 is 11.6 Å². The highest BCUT2D eigenvalue weighted by molar-refractivity contribution is 7.89. The summed E-state index contributed by atoms with van der Waals surface area (Å²) in [6, 6.07) is 8.30. The fraction of sp³-hybridized carbons (Fsp3) is 0.333. The van der Waals surface area contributed by atoms with Gasteiger partial charge < -0.3 is 9.64 Å². The lowest BCUT2D eigenvalue weighted by molar-refractivity contribution is -0.134. The van der Waals surface area contributed by atoms with Crippen molar-refractivity contribution >= 4 is 27.5 Å². The Kier molecular flexibility index (Phi) is 5.98. The van der Waals surface area contributed by atoms with Crippen LogP contribution in [0.2, 0.25) is 5.02 Å². The van der Waals surface area contributed by atoms with E-state index in [1.54, 1.807) is 29.2 Å². The highest BCUT2D eigenvalue weighted by Crippen LogP contribution is 2.21. The minimum atomic E-state index is -3.59. The topological polar surface area (TPSA) is 79.8 Å². The number of nitrogens with zero attached hydrogens (tertiary/aromatic N) is 3. The molecule has 7 nitrogen and oxygen atoms in total. The molecule has 1 amide bonds. The van der Waals surface area contributed by atoms with Gasteiger partial charge in [-0.25, -0.2) is 8.42 Å². The molecule has 0 N–H and O–H groups in total. The number of carbonyl (C=O) groups is 1. The van der Waals surface area contributed by atoms with E-state index in [4.69, 9.17) is 16.3 Å². The zero-order valence-electron chi connectivity index (χ0n) is 14.8. The maximum absolute atomic E-state index is 12.6. The van der Waals surface area contributed by atoms with Crippen molar-refractivity contribution in [3.05, 3.63) is 53.3 Å². The van der Waals surface area contributed by atoms with Gasteiger partial charge in [0, 0.05) is 43.6 Å². The van der Waals surface area contributed by atoms with Crippen LogP contribution in [0.1, 0.15) is 5.56 Å². The summed E-state index contributed by atoms with van der Waals surface area (Å²) in [5, 5.41) is 0.639. The Labute approximate surface area is 163 Å². The van der Waals surface area contributed by atoms with Crippen molar-refractivity contribution in [3.63, 3.8) is 0 Å². The Bertz CT molecular complexity index is 913. The predicted molar refractivity (Wildman–Crippen MR) is 101 cm³/mol. The number of piperazine rings is 1. The Morgan fingerprint density at radius 1 is 1.22 bits per heavy atom. The van der Waals surface area contributed by atoms with Gasteiger partial charge in [-0.3, -0.25) is 9.78 Å². The average Bonchev–Trinajstić information content (AvgIpc) is 2.69. The van der Waals surface area contributed by atoms with Crippen molar-refractivity contribution in [1.82, 2.24) is 14.2 Å². The van der Waals surface area contributed by atoms with Crippen LogP contribution in [-0.2, 0) is 14.8 Å². The lowest BCUT2D eigenvalue weighted by Gasteiger charge is -2.33. The molecule has 144 valence electrons. The maximum atomic E-state index is 12.6. The molecule has 1 aromatic heterocycles. The monoisotopic (exact) mass is 409 g/mol. The Morgan fingerprint density at radius 2 is 1.96 bits per heavy atom. The van der Waals surface area contributed by atoms with E-state index in [1.807, 2.05) is 6.92 Å². The summed E-state index contributed by atoms with van der Waals surface area (Å²) >= 11 is 5.97. The van der Waals surface area contributed by atoms with E-state index in [2.05, 4.69) is 4.98 Å². The zero-order chi connectivity index (χ0) is 19.4. The van der Waals surface area contributed by atoms with Gasteiger partial charge >= 0.3 is 0 Å². The molecule has 0 spiro atoms. The smallest absolute Gasteiger partial charge is 0.260 e. The van der Waals surface area contributed by atoms with Crippen molar-refractivity contribution in [2.75, 3.05) is 32.8 Å². The first kappa shape index (κ1) is 19.6. The molecule has 0 unspecified atom stereocenters. The summed E-state index contributed by atoms with van der Waals surface area (Å²) in [6.07, 6.45) is 2.85. The second-order valence-corrected chi connectivity index (χ2v) is 8.52. The molecule has 0 radical (unpaired) electrons. The summed E-state index contributed by atoms with van der Waals surface area (Å²) in [7, 11) is -3.59. The lowest BCUT2D eigenvalue weighted by atomic mass is 10.2. The third kappa shape index (κ3) is 4.58. The van der Waals surface area contributed by atoms with Gasteiger partial charge in [-0.05, 0) is 42.8 Å². The van der Waals surface area contributed by atoms with Gasteiger partial charge in [0.15, 0.2) is 6.61 Å². The molecular weight excluding hydrogens is 390 g/mol. The molecule has 1 aromatic carbocycles. The second kappa shape index (κ2) is 8.24. The van der Waals surface area contributed by atoms with Crippen LogP contribution in [0, 0.1) is 6.92 Å². The molecule has 0 saturated carbocycles. The molecule has 3 rings (SSSR count). The number of rotatable bonds is 5. The lowest BCUT2D eigenvalue weighted by Crippen LogP contribution is -2.51. The number of ether oxygens (including phenoxy) is 1. The van der Waals surface area contributed by atoms with Crippen molar-refractivity contribution in [2.45, 2.75) is 11.8 Å². The number of hydrogen-bond acceptors (Lipinski definition) is 5. The van der Waals surface area contributed by atoms with Crippen LogP contribution in [0.3, 0.4) is 0 Å². The van der Waals surface area contributed by atoms with E-state index in [1.165, 1.54) is 22.8 Å². The van der Waals surface area contributed by atoms with Crippen molar-refractivity contribution in [2.24, 2.45) is 0 Å². The molecule has 1 aliphatic heterocycles. The standard InChI is InChI=1S/C18H20ClN3O4S/c1-14-11-15(4-5-17(14)19)26-13-18(23)21-7-9-22(10-8-21)27(24,25)16-3-2-6-20-12-16/h2-6,11-12H,7-10,13H2,1H3. The van der Waals surface area contributed by atoms with E-state index < -0.39 is 10.0 Å². The molecule has 2 aromatic rings. The Morgan fingerprint density at radius 3 is 2.59 bits per heavy atom.